The second kappa shape index (κ2) is 11.2. The average molecular weight is 508 g/mol. The van der Waals surface area contributed by atoms with Crippen molar-refractivity contribution in [3.63, 3.8) is 0 Å². The topological polar surface area (TPSA) is 91.7 Å². The molecule has 2 atom stereocenters. The van der Waals surface area contributed by atoms with E-state index in [0.717, 1.165) is 11.1 Å². The van der Waals surface area contributed by atoms with Gasteiger partial charge in [0.2, 0.25) is 5.91 Å². The molecular weight excluding hydrogens is 478 g/mol. The van der Waals surface area contributed by atoms with Gasteiger partial charge in [0.25, 0.3) is 11.8 Å². The zero-order chi connectivity index (χ0) is 26.5. The lowest BCUT2D eigenvalue weighted by atomic mass is 9.92. The summed E-state index contributed by atoms with van der Waals surface area (Å²) in [7, 11) is 0. The molecule has 1 aliphatic heterocycles. The van der Waals surface area contributed by atoms with E-state index >= 15 is 0 Å². The van der Waals surface area contributed by atoms with Crippen molar-refractivity contribution in [3.05, 3.63) is 114 Å². The highest BCUT2D eigenvalue weighted by Gasteiger charge is 2.35. The molecule has 1 saturated heterocycles. The molecule has 1 aromatic heterocycles. The largest absolute Gasteiger partial charge is 0.464 e. The lowest BCUT2D eigenvalue weighted by molar-refractivity contribution is -0.121. The number of likely N-dealkylation sites (tertiary alicyclic amines) is 1. The summed E-state index contributed by atoms with van der Waals surface area (Å²) in [6, 6.07) is 27.0. The molecule has 3 amide bonds. The Morgan fingerprint density at radius 3 is 2.34 bits per heavy atom. The summed E-state index contributed by atoms with van der Waals surface area (Å²) in [5.74, 6) is -0.452. The first kappa shape index (κ1) is 25.0. The number of piperidine rings is 1. The maximum atomic E-state index is 13.6. The molecule has 5 rings (SSSR count). The van der Waals surface area contributed by atoms with Crippen LogP contribution in [0.15, 0.2) is 102 Å². The normalized spacial score (nSPS) is 17.0. The Kier molecular flexibility index (Phi) is 7.35. The maximum absolute atomic E-state index is 13.6. The van der Waals surface area contributed by atoms with Crippen molar-refractivity contribution < 1.29 is 18.8 Å². The van der Waals surface area contributed by atoms with Crippen LogP contribution in [0.3, 0.4) is 0 Å². The molecule has 2 heterocycles. The number of carbonyl (C=O) groups is 3. The zero-order valence-corrected chi connectivity index (χ0v) is 21.1. The molecule has 0 spiro atoms. The Morgan fingerprint density at radius 2 is 1.61 bits per heavy atom. The molecule has 0 radical (unpaired) electrons. The lowest BCUT2D eigenvalue weighted by Gasteiger charge is -2.37. The Bertz CT molecular complexity index is 1420. The number of rotatable bonds is 6. The van der Waals surface area contributed by atoms with Crippen LogP contribution < -0.4 is 10.6 Å². The minimum absolute atomic E-state index is 0.186. The maximum Gasteiger partial charge on any atom is 0.253 e. The standard InChI is InChI=1S/C31H29N3O4/c1-21-12-14-26(15-13-21)32-30(36)25-18-27(33-29(35)22-7-3-2-4-8-22)20-34(19-25)31(37)24-10-5-9-23(17-24)28-11-6-16-38-28/h2-17,25,27H,18-20H2,1H3,(H,32,36)(H,33,35). The average Bonchev–Trinajstić information content (AvgIpc) is 3.49. The van der Waals surface area contributed by atoms with Crippen LogP contribution >= 0.6 is 0 Å². The van der Waals surface area contributed by atoms with Crippen molar-refractivity contribution in [2.45, 2.75) is 19.4 Å². The van der Waals surface area contributed by atoms with E-state index in [2.05, 4.69) is 10.6 Å². The van der Waals surface area contributed by atoms with Gasteiger partial charge in [0.1, 0.15) is 5.76 Å². The number of amides is 3. The van der Waals surface area contributed by atoms with E-state index in [4.69, 9.17) is 4.42 Å². The Balaban J connectivity index is 1.37. The Morgan fingerprint density at radius 1 is 0.842 bits per heavy atom. The number of benzene rings is 3. The SMILES string of the molecule is Cc1ccc(NC(=O)C2CC(NC(=O)c3ccccc3)CN(C(=O)c3cccc(-c4ccco4)c3)C2)cc1. The summed E-state index contributed by atoms with van der Waals surface area (Å²) in [5.41, 5.74) is 3.60. The third kappa shape index (κ3) is 5.83. The van der Waals surface area contributed by atoms with E-state index < -0.39 is 5.92 Å². The fraction of sp³-hybridized carbons (Fsp3) is 0.194. The van der Waals surface area contributed by atoms with E-state index in [-0.39, 0.29) is 30.3 Å². The number of nitrogens with zero attached hydrogens (tertiary/aromatic N) is 1. The molecule has 1 aliphatic rings. The first-order chi connectivity index (χ1) is 18.5. The molecule has 1 fully saturated rings. The fourth-order valence-electron chi connectivity index (χ4n) is 4.73. The predicted octanol–water partition coefficient (Wildman–Crippen LogP) is 5.15. The molecule has 0 aliphatic carbocycles. The second-order valence-corrected chi connectivity index (χ2v) is 9.59. The van der Waals surface area contributed by atoms with E-state index in [1.54, 1.807) is 53.6 Å². The van der Waals surface area contributed by atoms with E-state index in [1.165, 1.54) is 0 Å². The molecule has 2 N–H and O–H groups in total. The number of anilines is 1. The zero-order valence-electron chi connectivity index (χ0n) is 21.1. The molecule has 2 unspecified atom stereocenters. The number of aryl methyl sites for hydroxylation is 1. The fourth-order valence-corrected chi connectivity index (χ4v) is 4.73. The van der Waals surface area contributed by atoms with Crippen molar-refractivity contribution >= 4 is 23.4 Å². The van der Waals surface area contributed by atoms with Gasteiger partial charge >= 0.3 is 0 Å². The summed E-state index contributed by atoms with van der Waals surface area (Å²) in [4.78, 5) is 41.5. The molecule has 192 valence electrons. The van der Waals surface area contributed by atoms with Gasteiger partial charge in [-0.1, -0.05) is 48.0 Å². The van der Waals surface area contributed by atoms with Gasteiger partial charge in [0.15, 0.2) is 0 Å². The predicted molar refractivity (Wildman–Crippen MR) is 146 cm³/mol. The van der Waals surface area contributed by atoms with Gasteiger partial charge in [-0.05, 0) is 61.9 Å². The highest BCUT2D eigenvalue weighted by molar-refractivity contribution is 5.98. The highest BCUT2D eigenvalue weighted by atomic mass is 16.3. The lowest BCUT2D eigenvalue weighted by Crippen LogP contribution is -2.54. The molecular formula is C31H29N3O4. The van der Waals surface area contributed by atoms with Crippen molar-refractivity contribution in [2.24, 2.45) is 5.92 Å². The number of hydrogen-bond acceptors (Lipinski definition) is 4. The molecule has 4 aromatic rings. The minimum Gasteiger partial charge on any atom is -0.464 e. The van der Waals surface area contributed by atoms with E-state index in [0.29, 0.717) is 35.5 Å². The molecule has 3 aromatic carbocycles. The van der Waals surface area contributed by atoms with Gasteiger partial charge in [-0.2, -0.15) is 0 Å². The Hall–Kier alpha value is -4.65. The van der Waals surface area contributed by atoms with E-state index in [9.17, 15) is 14.4 Å². The minimum atomic E-state index is -0.497. The van der Waals surface area contributed by atoms with Crippen LogP contribution in [0, 0.1) is 12.8 Å². The van der Waals surface area contributed by atoms with Gasteiger partial charge in [-0.3, -0.25) is 14.4 Å². The van der Waals surface area contributed by atoms with Crippen molar-refractivity contribution in [3.8, 4) is 11.3 Å². The van der Waals surface area contributed by atoms with E-state index in [1.807, 2.05) is 55.5 Å². The third-order valence-electron chi connectivity index (χ3n) is 6.71. The summed E-state index contributed by atoms with van der Waals surface area (Å²) < 4.78 is 5.49. The van der Waals surface area contributed by atoms with Gasteiger partial charge in [0, 0.05) is 41.5 Å². The summed E-state index contributed by atoms with van der Waals surface area (Å²) in [5, 5.41) is 6.00. The number of carbonyl (C=O) groups excluding carboxylic acids is 3. The number of furan rings is 1. The van der Waals surface area contributed by atoms with Crippen LogP contribution in [0.4, 0.5) is 5.69 Å². The smallest absolute Gasteiger partial charge is 0.253 e. The van der Waals surface area contributed by atoms with Gasteiger partial charge < -0.3 is 20.0 Å². The van der Waals surface area contributed by atoms with Crippen molar-refractivity contribution in [1.29, 1.82) is 0 Å². The number of nitrogens with one attached hydrogen (secondary N) is 2. The van der Waals surface area contributed by atoms with Crippen LogP contribution in [-0.4, -0.2) is 41.8 Å². The molecule has 0 bridgehead atoms. The third-order valence-corrected chi connectivity index (χ3v) is 6.71. The van der Waals surface area contributed by atoms with Crippen LogP contribution in [0.5, 0.6) is 0 Å². The molecule has 7 heteroatoms. The van der Waals surface area contributed by atoms with Crippen LogP contribution in [0.1, 0.15) is 32.7 Å². The first-order valence-corrected chi connectivity index (χ1v) is 12.6. The molecule has 0 saturated carbocycles. The monoisotopic (exact) mass is 507 g/mol. The van der Waals surface area contributed by atoms with Crippen molar-refractivity contribution in [2.75, 3.05) is 18.4 Å². The second-order valence-electron chi connectivity index (χ2n) is 9.59. The van der Waals surface area contributed by atoms with Crippen LogP contribution in [0.25, 0.3) is 11.3 Å². The molecule has 38 heavy (non-hydrogen) atoms. The van der Waals surface area contributed by atoms with Gasteiger partial charge in [-0.15, -0.1) is 0 Å². The Labute approximate surface area is 221 Å². The summed E-state index contributed by atoms with van der Waals surface area (Å²) in [6.45, 7) is 2.53. The first-order valence-electron chi connectivity index (χ1n) is 12.6. The van der Waals surface area contributed by atoms with Crippen LogP contribution in [0.2, 0.25) is 0 Å². The summed E-state index contributed by atoms with van der Waals surface area (Å²) in [6.07, 6.45) is 2.01. The number of hydrogen-bond donors (Lipinski definition) is 2. The molecule has 7 nitrogen and oxygen atoms in total. The highest BCUT2D eigenvalue weighted by Crippen LogP contribution is 2.25. The van der Waals surface area contributed by atoms with Gasteiger partial charge in [0.05, 0.1) is 12.2 Å². The van der Waals surface area contributed by atoms with Crippen molar-refractivity contribution in [1.82, 2.24) is 10.2 Å². The van der Waals surface area contributed by atoms with Gasteiger partial charge in [-0.25, -0.2) is 0 Å². The quantitative estimate of drug-likeness (QED) is 0.377. The van der Waals surface area contributed by atoms with Crippen LogP contribution in [-0.2, 0) is 4.79 Å². The summed E-state index contributed by atoms with van der Waals surface area (Å²) >= 11 is 0.